The first-order valence-electron chi connectivity index (χ1n) is 10.4. The van der Waals surface area contributed by atoms with Crippen LogP contribution in [0.2, 0.25) is 0 Å². The van der Waals surface area contributed by atoms with E-state index >= 15 is 0 Å². The standard InChI is InChI=1S/C23H30N4O2/c1-17(2)12-19-13-20(26-25-19)22-21(18-6-4-3-5-7-18)24-16-27(22)14-23(15-28)8-10-29-11-9-23/h3-7,13,16-17,28H,8-12,14-15H2,1-2H3,(H,25,26). The summed E-state index contributed by atoms with van der Waals surface area (Å²) in [7, 11) is 0. The number of nitrogens with zero attached hydrogens (tertiary/aromatic N) is 3. The van der Waals surface area contributed by atoms with Crippen molar-refractivity contribution in [1.29, 1.82) is 0 Å². The molecular weight excluding hydrogens is 364 g/mol. The van der Waals surface area contributed by atoms with E-state index in [9.17, 15) is 5.11 Å². The first kappa shape index (κ1) is 19.9. The summed E-state index contributed by atoms with van der Waals surface area (Å²) in [6.45, 7) is 6.64. The molecule has 4 rings (SSSR count). The van der Waals surface area contributed by atoms with Gasteiger partial charge in [-0.1, -0.05) is 44.2 Å². The molecule has 0 radical (unpaired) electrons. The topological polar surface area (TPSA) is 76.0 Å². The highest BCUT2D eigenvalue weighted by Gasteiger charge is 2.34. The zero-order valence-corrected chi connectivity index (χ0v) is 17.3. The molecule has 1 aliphatic heterocycles. The van der Waals surface area contributed by atoms with E-state index in [0.717, 1.165) is 47.6 Å². The van der Waals surface area contributed by atoms with Crippen molar-refractivity contribution in [2.75, 3.05) is 19.8 Å². The van der Waals surface area contributed by atoms with Gasteiger partial charge in [0, 0.05) is 36.4 Å². The molecule has 154 valence electrons. The molecule has 0 aliphatic carbocycles. The van der Waals surface area contributed by atoms with Crippen LogP contribution in [0.15, 0.2) is 42.7 Å². The van der Waals surface area contributed by atoms with Crippen molar-refractivity contribution in [2.45, 2.75) is 39.7 Å². The third kappa shape index (κ3) is 4.28. The number of hydrogen-bond acceptors (Lipinski definition) is 4. The van der Waals surface area contributed by atoms with Gasteiger partial charge in [0.25, 0.3) is 0 Å². The molecule has 1 saturated heterocycles. The third-order valence-electron chi connectivity index (χ3n) is 5.78. The summed E-state index contributed by atoms with van der Waals surface area (Å²) in [6.07, 6.45) is 4.54. The minimum Gasteiger partial charge on any atom is -0.396 e. The van der Waals surface area contributed by atoms with Crippen molar-refractivity contribution in [1.82, 2.24) is 19.7 Å². The largest absolute Gasteiger partial charge is 0.396 e. The third-order valence-corrected chi connectivity index (χ3v) is 5.78. The van der Waals surface area contributed by atoms with Gasteiger partial charge in [-0.05, 0) is 31.2 Å². The molecule has 2 aromatic heterocycles. The van der Waals surface area contributed by atoms with E-state index < -0.39 is 0 Å². The Balaban J connectivity index is 1.75. The lowest BCUT2D eigenvalue weighted by Gasteiger charge is -2.36. The quantitative estimate of drug-likeness (QED) is 0.637. The zero-order valence-electron chi connectivity index (χ0n) is 17.3. The Kier molecular flexibility index (Phi) is 5.83. The first-order chi connectivity index (χ1) is 14.1. The summed E-state index contributed by atoms with van der Waals surface area (Å²) in [6, 6.07) is 12.4. The summed E-state index contributed by atoms with van der Waals surface area (Å²) in [5, 5.41) is 18.0. The van der Waals surface area contributed by atoms with E-state index in [4.69, 9.17) is 9.72 Å². The van der Waals surface area contributed by atoms with Crippen molar-refractivity contribution in [2.24, 2.45) is 11.3 Å². The highest BCUT2D eigenvalue weighted by Crippen LogP contribution is 2.36. The number of rotatable bonds is 7. The van der Waals surface area contributed by atoms with E-state index in [2.05, 4.69) is 46.8 Å². The number of ether oxygens (including phenoxy) is 1. The van der Waals surface area contributed by atoms with E-state index in [1.807, 2.05) is 24.5 Å². The van der Waals surface area contributed by atoms with Gasteiger partial charge in [0.15, 0.2) is 0 Å². The molecule has 0 saturated carbocycles. The van der Waals surface area contributed by atoms with Crippen LogP contribution in [0.3, 0.4) is 0 Å². The Morgan fingerprint density at radius 2 is 1.97 bits per heavy atom. The smallest absolute Gasteiger partial charge is 0.111 e. The Bertz CT molecular complexity index is 924. The van der Waals surface area contributed by atoms with Crippen LogP contribution in [0.25, 0.3) is 22.6 Å². The van der Waals surface area contributed by atoms with Crippen molar-refractivity contribution in [3.8, 4) is 22.6 Å². The molecule has 1 aromatic carbocycles. The van der Waals surface area contributed by atoms with Crippen molar-refractivity contribution < 1.29 is 9.84 Å². The fourth-order valence-corrected chi connectivity index (χ4v) is 4.14. The number of aromatic nitrogens is 4. The van der Waals surface area contributed by atoms with Gasteiger partial charge in [0.2, 0.25) is 0 Å². The molecule has 0 spiro atoms. The van der Waals surface area contributed by atoms with Crippen LogP contribution in [-0.4, -0.2) is 44.7 Å². The van der Waals surface area contributed by atoms with Crippen LogP contribution in [0.1, 0.15) is 32.4 Å². The molecular formula is C23H30N4O2. The van der Waals surface area contributed by atoms with E-state index in [-0.39, 0.29) is 12.0 Å². The number of hydrogen-bond donors (Lipinski definition) is 2. The van der Waals surface area contributed by atoms with Crippen LogP contribution in [-0.2, 0) is 17.7 Å². The van der Waals surface area contributed by atoms with Gasteiger partial charge < -0.3 is 14.4 Å². The van der Waals surface area contributed by atoms with E-state index in [1.54, 1.807) is 0 Å². The number of benzene rings is 1. The maximum Gasteiger partial charge on any atom is 0.111 e. The van der Waals surface area contributed by atoms with Crippen molar-refractivity contribution >= 4 is 0 Å². The van der Waals surface area contributed by atoms with Gasteiger partial charge in [-0.2, -0.15) is 5.10 Å². The predicted octanol–water partition coefficient (Wildman–Crippen LogP) is 3.93. The molecule has 1 fully saturated rings. The molecule has 3 heterocycles. The van der Waals surface area contributed by atoms with Gasteiger partial charge in [0.1, 0.15) is 5.69 Å². The minimum atomic E-state index is -0.182. The molecule has 6 heteroatoms. The lowest BCUT2D eigenvalue weighted by atomic mass is 9.81. The SMILES string of the molecule is CC(C)Cc1cc(-c2c(-c3ccccc3)ncn2CC2(CO)CCOCC2)n[nH]1. The maximum atomic E-state index is 10.2. The van der Waals surface area contributed by atoms with Gasteiger partial charge >= 0.3 is 0 Å². The lowest BCUT2D eigenvalue weighted by molar-refractivity contribution is -0.0250. The fraction of sp³-hybridized carbons (Fsp3) is 0.478. The highest BCUT2D eigenvalue weighted by atomic mass is 16.5. The zero-order chi connectivity index (χ0) is 20.3. The number of imidazole rings is 1. The average molecular weight is 395 g/mol. The molecule has 6 nitrogen and oxygen atoms in total. The number of H-pyrrole nitrogens is 1. The highest BCUT2D eigenvalue weighted by molar-refractivity contribution is 5.76. The summed E-state index contributed by atoms with van der Waals surface area (Å²) >= 11 is 0. The van der Waals surface area contributed by atoms with Crippen molar-refractivity contribution in [3.05, 3.63) is 48.4 Å². The van der Waals surface area contributed by atoms with Gasteiger partial charge in [-0.25, -0.2) is 4.98 Å². The Labute approximate surface area is 171 Å². The normalized spacial score (nSPS) is 16.4. The molecule has 0 atom stereocenters. The summed E-state index contributed by atoms with van der Waals surface area (Å²) in [4.78, 5) is 4.76. The van der Waals surface area contributed by atoms with Crippen LogP contribution in [0.5, 0.6) is 0 Å². The molecule has 0 bridgehead atoms. The van der Waals surface area contributed by atoms with Gasteiger partial charge in [0.05, 0.1) is 24.3 Å². The summed E-state index contributed by atoms with van der Waals surface area (Å²) < 4.78 is 7.71. The first-order valence-corrected chi connectivity index (χ1v) is 10.4. The van der Waals surface area contributed by atoms with E-state index in [0.29, 0.717) is 25.7 Å². The van der Waals surface area contributed by atoms with Crippen LogP contribution >= 0.6 is 0 Å². The average Bonchev–Trinajstić information content (AvgIpc) is 3.35. The lowest BCUT2D eigenvalue weighted by Crippen LogP contribution is -2.37. The Morgan fingerprint density at radius 3 is 2.66 bits per heavy atom. The fourth-order valence-electron chi connectivity index (χ4n) is 4.14. The second-order valence-corrected chi connectivity index (χ2v) is 8.58. The Hall–Kier alpha value is -2.44. The second-order valence-electron chi connectivity index (χ2n) is 8.58. The molecule has 3 aromatic rings. The number of aliphatic hydroxyl groups is 1. The minimum absolute atomic E-state index is 0.147. The van der Waals surface area contributed by atoms with Gasteiger partial charge in [-0.3, -0.25) is 5.10 Å². The van der Waals surface area contributed by atoms with Gasteiger partial charge in [-0.15, -0.1) is 0 Å². The molecule has 2 N–H and O–H groups in total. The molecule has 0 unspecified atom stereocenters. The number of aromatic amines is 1. The Morgan fingerprint density at radius 1 is 1.21 bits per heavy atom. The second kappa shape index (κ2) is 8.51. The number of aliphatic hydroxyl groups excluding tert-OH is 1. The summed E-state index contributed by atoms with van der Waals surface area (Å²) in [5.41, 5.74) is 4.84. The predicted molar refractivity (Wildman–Crippen MR) is 113 cm³/mol. The molecule has 29 heavy (non-hydrogen) atoms. The monoisotopic (exact) mass is 394 g/mol. The maximum absolute atomic E-state index is 10.2. The van der Waals surface area contributed by atoms with Crippen LogP contribution in [0.4, 0.5) is 0 Å². The molecule has 0 amide bonds. The van der Waals surface area contributed by atoms with Crippen LogP contribution in [0, 0.1) is 11.3 Å². The van der Waals surface area contributed by atoms with Crippen molar-refractivity contribution in [3.63, 3.8) is 0 Å². The molecule has 1 aliphatic rings. The number of nitrogens with one attached hydrogen (secondary N) is 1. The summed E-state index contributed by atoms with van der Waals surface area (Å²) in [5.74, 6) is 0.557. The van der Waals surface area contributed by atoms with Crippen LogP contribution < -0.4 is 0 Å². The van der Waals surface area contributed by atoms with E-state index in [1.165, 1.54) is 0 Å².